The summed E-state index contributed by atoms with van der Waals surface area (Å²) in [7, 11) is 0. The van der Waals surface area contributed by atoms with Gasteiger partial charge < -0.3 is 5.73 Å². The van der Waals surface area contributed by atoms with Crippen molar-refractivity contribution in [1.29, 1.82) is 0 Å². The van der Waals surface area contributed by atoms with Crippen molar-refractivity contribution in [1.82, 2.24) is 0 Å². The zero-order valence-electron chi connectivity index (χ0n) is 8.73. The Morgan fingerprint density at radius 1 is 1.36 bits per heavy atom. The maximum Gasteiger partial charge on any atom is 0.0467 e. The molecule has 0 spiro atoms. The number of hydrogen-bond donors (Lipinski definition) is 1. The molecule has 1 aromatic carbocycles. The highest BCUT2D eigenvalue weighted by atomic mass is 35.5. The third kappa shape index (κ3) is 1.35. The third-order valence-electron chi connectivity index (χ3n) is 3.40. The van der Waals surface area contributed by atoms with Gasteiger partial charge in [0.05, 0.1) is 0 Å². The third-order valence-corrected chi connectivity index (χ3v) is 3.98. The Bertz CT molecular complexity index is 367. The molecule has 0 aromatic heterocycles. The predicted octanol–water partition coefficient (Wildman–Crippen LogP) is 2.95. The lowest BCUT2D eigenvalue weighted by Crippen LogP contribution is -2.20. The van der Waals surface area contributed by atoms with Crippen molar-refractivity contribution in [3.63, 3.8) is 0 Å². The molecule has 1 aromatic rings. The standard InChI is InChI=1S/C12H16ClN/c1-8-3-4-10(9(2)11(8)13)12(7-14)5-6-12/h3-4H,5-7,14H2,1-2H3. The van der Waals surface area contributed by atoms with Gasteiger partial charge in [-0.1, -0.05) is 23.7 Å². The van der Waals surface area contributed by atoms with Crippen LogP contribution < -0.4 is 5.73 Å². The fourth-order valence-electron chi connectivity index (χ4n) is 2.13. The van der Waals surface area contributed by atoms with Crippen molar-refractivity contribution in [3.8, 4) is 0 Å². The summed E-state index contributed by atoms with van der Waals surface area (Å²) in [5, 5.41) is 0.905. The SMILES string of the molecule is Cc1ccc(C2(CN)CC2)c(C)c1Cl. The number of hydrogen-bond acceptors (Lipinski definition) is 1. The zero-order valence-corrected chi connectivity index (χ0v) is 9.49. The van der Waals surface area contributed by atoms with Crippen molar-refractivity contribution >= 4 is 11.6 Å². The molecule has 0 unspecified atom stereocenters. The highest BCUT2D eigenvalue weighted by Crippen LogP contribution is 2.49. The topological polar surface area (TPSA) is 26.0 Å². The zero-order chi connectivity index (χ0) is 10.3. The molecular weight excluding hydrogens is 194 g/mol. The number of rotatable bonds is 2. The van der Waals surface area contributed by atoms with E-state index in [1.807, 2.05) is 6.92 Å². The second-order valence-corrected chi connectivity index (χ2v) is 4.73. The Hall–Kier alpha value is -0.530. The Kier molecular flexibility index (Phi) is 2.32. The van der Waals surface area contributed by atoms with E-state index in [1.54, 1.807) is 0 Å². The Morgan fingerprint density at radius 3 is 2.50 bits per heavy atom. The van der Waals surface area contributed by atoms with E-state index < -0.39 is 0 Å². The van der Waals surface area contributed by atoms with Crippen LogP contribution in [0, 0.1) is 13.8 Å². The Balaban J connectivity index is 2.50. The molecular formula is C12H16ClN. The number of nitrogens with two attached hydrogens (primary N) is 1. The molecule has 0 aliphatic heterocycles. The summed E-state index contributed by atoms with van der Waals surface area (Å²) in [6.07, 6.45) is 2.42. The van der Waals surface area contributed by atoms with E-state index in [0.717, 1.165) is 17.1 Å². The van der Waals surface area contributed by atoms with Crippen molar-refractivity contribution in [2.24, 2.45) is 5.73 Å². The van der Waals surface area contributed by atoms with Gasteiger partial charge >= 0.3 is 0 Å². The molecule has 1 nitrogen and oxygen atoms in total. The van der Waals surface area contributed by atoms with E-state index in [4.69, 9.17) is 17.3 Å². The van der Waals surface area contributed by atoms with Gasteiger partial charge in [-0.15, -0.1) is 0 Å². The monoisotopic (exact) mass is 209 g/mol. The predicted molar refractivity (Wildman–Crippen MR) is 60.9 cm³/mol. The second kappa shape index (κ2) is 3.25. The Morgan fingerprint density at radius 2 is 2.00 bits per heavy atom. The lowest BCUT2D eigenvalue weighted by Gasteiger charge is -2.17. The summed E-state index contributed by atoms with van der Waals surface area (Å²) in [6, 6.07) is 4.29. The molecule has 0 saturated heterocycles. The van der Waals surface area contributed by atoms with Gasteiger partial charge in [-0.25, -0.2) is 0 Å². The minimum atomic E-state index is 0.251. The first-order chi connectivity index (χ1) is 6.60. The number of aryl methyl sites for hydroxylation is 1. The molecule has 2 heteroatoms. The fourth-order valence-corrected chi connectivity index (χ4v) is 2.29. The molecule has 1 fully saturated rings. The Labute approximate surface area is 90.3 Å². The smallest absolute Gasteiger partial charge is 0.0467 e. The van der Waals surface area contributed by atoms with Gasteiger partial charge in [-0.3, -0.25) is 0 Å². The van der Waals surface area contributed by atoms with Crippen LogP contribution in [0.4, 0.5) is 0 Å². The summed E-state index contributed by atoms with van der Waals surface area (Å²) >= 11 is 6.23. The first-order valence-corrected chi connectivity index (χ1v) is 5.45. The van der Waals surface area contributed by atoms with Gasteiger partial charge in [0, 0.05) is 17.0 Å². The molecule has 1 aliphatic rings. The summed E-state index contributed by atoms with van der Waals surface area (Å²) in [4.78, 5) is 0. The first kappa shape index (κ1) is 10.0. The first-order valence-electron chi connectivity index (χ1n) is 5.07. The van der Waals surface area contributed by atoms with Crippen LogP contribution >= 0.6 is 11.6 Å². The van der Waals surface area contributed by atoms with Crippen molar-refractivity contribution in [2.45, 2.75) is 32.1 Å². The van der Waals surface area contributed by atoms with Crippen LogP contribution in [0.3, 0.4) is 0 Å². The van der Waals surface area contributed by atoms with Gasteiger partial charge in [-0.05, 0) is 43.4 Å². The van der Waals surface area contributed by atoms with Gasteiger partial charge in [0.1, 0.15) is 0 Å². The van der Waals surface area contributed by atoms with E-state index in [0.29, 0.717) is 0 Å². The second-order valence-electron chi connectivity index (χ2n) is 4.35. The van der Waals surface area contributed by atoms with Crippen LogP contribution in [0.25, 0.3) is 0 Å². The average molecular weight is 210 g/mol. The normalized spacial score (nSPS) is 18.3. The van der Waals surface area contributed by atoms with E-state index in [1.165, 1.54) is 24.0 Å². The summed E-state index contributed by atoms with van der Waals surface area (Å²) in [5.41, 5.74) is 9.79. The van der Waals surface area contributed by atoms with E-state index in [2.05, 4.69) is 19.1 Å². The molecule has 1 aliphatic carbocycles. The number of benzene rings is 1. The largest absolute Gasteiger partial charge is 0.330 e. The quantitative estimate of drug-likeness (QED) is 0.797. The number of halogens is 1. The summed E-state index contributed by atoms with van der Waals surface area (Å²) in [6.45, 7) is 4.88. The molecule has 1 saturated carbocycles. The van der Waals surface area contributed by atoms with Crippen LogP contribution in [-0.4, -0.2) is 6.54 Å². The van der Waals surface area contributed by atoms with Gasteiger partial charge in [0.15, 0.2) is 0 Å². The maximum absolute atomic E-state index is 6.23. The van der Waals surface area contributed by atoms with Crippen molar-refractivity contribution < 1.29 is 0 Å². The highest BCUT2D eigenvalue weighted by molar-refractivity contribution is 6.32. The lowest BCUT2D eigenvalue weighted by molar-refractivity contribution is 0.699. The lowest BCUT2D eigenvalue weighted by atomic mass is 9.91. The van der Waals surface area contributed by atoms with Gasteiger partial charge in [0.2, 0.25) is 0 Å². The van der Waals surface area contributed by atoms with Gasteiger partial charge in [-0.2, -0.15) is 0 Å². The van der Waals surface area contributed by atoms with E-state index in [-0.39, 0.29) is 5.41 Å². The van der Waals surface area contributed by atoms with Crippen molar-refractivity contribution in [2.75, 3.05) is 6.54 Å². The average Bonchev–Trinajstić information content (AvgIpc) is 2.95. The molecule has 0 heterocycles. The van der Waals surface area contributed by atoms with Gasteiger partial charge in [0.25, 0.3) is 0 Å². The molecule has 0 radical (unpaired) electrons. The van der Waals surface area contributed by atoms with Crippen LogP contribution in [-0.2, 0) is 5.41 Å². The molecule has 0 atom stereocenters. The van der Waals surface area contributed by atoms with Crippen LogP contribution in [0.15, 0.2) is 12.1 Å². The van der Waals surface area contributed by atoms with Crippen LogP contribution in [0.2, 0.25) is 5.02 Å². The minimum absolute atomic E-state index is 0.251. The molecule has 2 rings (SSSR count). The molecule has 14 heavy (non-hydrogen) atoms. The van der Waals surface area contributed by atoms with Crippen molar-refractivity contribution in [3.05, 3.63) is 33.8 Å². The minimum Gasteiger partial charge on any atom is -0.330 e. The molecule has 2 N–H and O–H groups in total. The molecule has 0 bridgehead atoms. The van der Waals surface area contributed by atoms with E-state index >= 15 is 0 Å². The maximum atomic E-state index is 6.23. The highest BCUT2D eigenvalue weighted by Gasteiger charge is 2.43. The summed E-state index contributed by atoms with van der Waals surface area (Å²) in [5.74, 6) is 0. The fraction of sp³-hybridized carbons (Fsp3) is 0.500. The van der Waals surface area contributed by atoms with Crippen LogP contribution in [0.1, 0.15) is 29.5 Å². The molecule has 0 amide bonds. The van der Waals surface area contributed by atoms with Crippen LogP contribution in [0.5, 0.6) is 0 Å². The summed E-state index contributed by atoms with van der Waals surface area (Å²) < 4.78 is 0. The molecule has 76 valence electrons. The van der Waals surface area contributed by atoms with E-state index in [9.17, 15) is 0 Å².